The van der Waals surface area contributed by atoms with Crippen LogP contribution in [0.3, 0.4) is 0 Å². The summed E-state index contributed by atoms with van der Waals surface area (Å²) in [6, 6.07) is 0. The van der Waals surface area contributed by atoms with Crippen LogP contribution in [-0.2, 0) is 13.9 Å². The Balaban J connectivity index is 2.22. The van der Waals surface area contributed by atoms with E-state index < -0.39 is 14.1 Å². The van der Waals surface area contributed by atoms with E-state index in [-0.39, 0.29) is 0 Å². The highest BCUT2D eigenvalue weighted by Crippen LogP contribution is 2.32. The molecule has 2 rings (SSSR count). The Hall–Kier alpha value is -1.10. The highest BCUT2D eigenvalue weighted by Gasteiger charge is 2.28. The number of hydrogen-bond donors (Lipinski definition) is 0. The third-order valence-electron chi connectivity index (χ3n) is 3.52. The second kappa shape index (κ2) is 5.95. The number of hydrogen-bond acceptors (Lipinski definition) is 3. The van der Waals surface area contributed by atoms with Crippen molar-refractivity contribution in [1.29, 1.82) is 0 Å². The first-order chi connectivity index (χ1) is 9.70. The smallest absolute Gasteiger partial charge is 0.242 e. The maximum absolute atomic E-state index is 6.17. The fraction of sp³-hybridized carbons (Fsp3) is 0.529. The van der Waals surface area contributed by atoms with Gasteiger partial charge in [0.1, 0.15) is 5.76 Å². The molecule has 2 aliphatic rings. The third kappa shape index (κ3) is 4.19. The molecule has 0 N–H and O–H groups in total. The first-order valence-corrected chi connectivity index (χ1v) is 10.9. The van der Waals surface area contributed by atoms with Gasteiger partial charge in [0.05, 0.1) is 13.2 Å². The highest BCUT2D eigenvalue weighted by molar-refractivity contribution is 6.70. The summed E-state index contributed by atoms with van der Waals surface area (Å²) in [5, 5.41) is 0. The molecule has 1 heterocycles. The van der Waals surface area contributed by atoms with Crippen LogP contribution in [0.1, 0.15) is 20.3 Å². The largest absolute Gasteiger partial charge is 0.544 e. The Kier molecular flexibility index (Phi) is 4.61. The summed E-state index contributed by atoms with van der Waals surface area (Å²) in [7, 11) is -1.61. The van der Waals surface area contributed by atoms with E-state index in [0.717, 1.165) is 28.9 Å². The van der Waals surface area contributed by atoms with E-state index in [1.54, 1.807) is 0 Å². The van der Waals surface area contributed by atoms with Crippen LogP contribution in [0.5, 0.6) is 0 Å². The fourth-order valence-corrected chi connectivity index (χ4v) is 3.33. The van der Waals surface area contributed by atoms with Gasteiger partial charge in [-0.2, -0.15) is 0 Å². The zero-order chi connectivity index (χ0) is 15.7. The van der Waals surface area contributed by atoms with Gasteiger partial charge in [-0.25, -0.2) is 0 Å². The Bertz CT molecular complexity index is 515. The van der Waals surface area contributed by atoms with Gasteiger partial charge in [-0.15, -0.1) is 0 Å². The molecule has 1 aliphatic heterocycles. The van der Waals surface area contributed by atoms with Crippen LogP contribution in [0.25, 0.3) is 0 Å². The van der Waals surface area contributed by atoms with E-state index in [0.29, 0.717) is 13.2 Å². The van der Waals surface area contributed by atoms with E-state index in [4.69, 9.17) is 13.9 Å². The molecule has 0 atom stereocenters. The Morgan fingerprint density at radius 2 is 1.90 bits per heavy atom. The topological polar surface area (TPSA) is 27.7 Å². The van der Waals surface area contributed by atoms with Crippen LogP contribution in [0, 0.1) is 0 Å². The lowest BCUT2D eigenvalue weighted by molar-refractivity contribution is -0.0996. The summed E-state index contributed by atoms with van der Waals surface area (Å²) in [6.45, 7) is 16.1. The van der Waals surface area contributed by atoms with E-state index >= 15 is 0 Å². The van der Waals surface area contributed by atoms with Crippen LogP contribution in [-0.4, -0.2) is 27.3 Å². The quantitative estimate of drug-likeness (QED) is 0.724. The monoisotopic (exact) mass is 306 g/mol. The van der Waals surface area contributed by atoms with Crippen molar-refractivity contribution < 1.29 is 13.9 Å². The predicted octanol–water partition coefficient (Wildman–Crippen LogP) is 4.32. The lowest BCUT2D eigenvalue weighted by Gasteiger charge is -2.27. The standard InChI is InChI=1S/C17H26O3Si/c1-13-7-8-16(20-21(4,5)6)14(2)15(13)9-10-17(3)18-11-12-19-17/h8-10H,1,7,11-12H2,2-6H3/b10-9+. The van der Waals surface area contributed by atoms with Gasteiger partial charge in [-0.3, -0.25) is 0 Å². The van der Waals surface area contributed by atoms with Gasteiger partial charge in [-0.05, 0) is 68.8 Å². The van der Waals surface area contributed by atoms with Crippen molar-refractivity contribution in [2.24, 2.45) is 0 Å². The molecular formula is C17H26O3Si. The normalized spacial score (nSPS) is 22.9. The molecule has 0 amide bonds. The minimum Gasteiger partial charge on any atom is -0.544 e. The maximum Gasteiger partial charge on any atom is 0.242 e. The van der Waals surface area contributed by atoms with Crippen molar-refractivity contribution in [3.05, 3.63) is 47.3 Å². The fourth-order valence-electron chi connectivity index (χ4n) is 2.43. The van der Waals surface area contributed by atoms with Crippen LogP contribution in [0.4, 0.5) is 0 Å². The van der Waals surface area contributed by atoms with Gasteiger partial charge < -0.3 is 13.9 Å². The lowest BCUT2D eigenvalue weighted by Crippen LogP contribution is -2.26. The molecule has 4 heteroatoms. The van der Waals surface area contributed by atoms with Crippen molar-refractivity contribution in [3.8, 4) is 0 Å². The second-order valence-electron chi connectivity index (χ2n) is 6.68. The van der Waals surface area contributed by atoms with Crippen LogP contribution < -0.4 is 0 Å². The Morgan fingerprint density at radius 1 is 1.29 bits per heavy atom. The molecule has 1 fully saturated rings. The summed E-state index contributed by atoms with van der Waals surface area (Å²) in [4.78, 5) is 0. The van der Waals surface area contributed by atoms with Gasteiger partial charge in [-0.1, -0.05) is 12.7 Å². The van der Waals surface area contributed by atoms with E-state index in [9.17, 15) is 0 Å². The molecule has 0 aromatic carbocycles. The molecule has 1 saturated heterocycles. The van der Waals surface area contributed by atoms with Gasteiger partial charge in [0.25, 0.3) is 0 Å². The maximum atomic E-state index is 6.17. The highest BCUT2D eigenvalue weighted by atomic mass is 28.4. The van der Waals surface area contributed by atoms with Gasteiger partial charge in [0.2, 0.25) is 8.32 Å². The molecule has 3 nitrogen and oxygen atoms in total. The molecule has 1 aliphatic carbocycles. The molecule has 0 unspecified atom stereocenters. The molecule has 0 spiro atoms. The van der Waals surface area contributed by atoms with Crippen LogP contribution in [0.2, 0.25) is 19.6 Å². The summed E-state index contributed by atoms with van der Waals surface area (Å²) < 4.78 is 17.4. The zero-order valence-electron chi connectivity index (χ0n) is 13.8. The van der Waals surface area contributed by atoms with Gasteiger partial charge >= 0.3 is 0 Å². The van der Waals surface area contributed by atoms with E-state index in [1.807, 2.05) is 13.0 Å². The molecule has 0 saturated carbocycles. The second-order valence-corrected chi connectivity index (χ2v) is 11.1. The van der Waals surface area contributed by atoms with Gasteiger partial charge in [0, 0.05) is 0 Å². The average molecular weight is 306 g/mol. The molecule has 0 aromatic rings. The molecule has 0 bridgehead atoms. The summed E-state index contributed by atoms with van der Waals surface area (Å²) in [6.07, 6.45) is 7.00. The average Bonchev–Trinajstić information content (AvgIpc) is 2.79. The van der Waals surface area contributed by atoms with Crippen molar-refractivity contribution in [1.82, 2.24) is 0 Å². The van der Waals surface area contributed by atoms with Crippen LogP contribution >= 0.6 is 0 Å². The summed E-state index contributed by atoms with van der Waals surface area (Å²) >= 11 is 0. The first-order valence-electron chi connectivity index (χ1n) is 7.46. The van der Waals surface area contributed by atoms with Crippen LogP contribution in [0.15, 0.2) is 47.3 Å². The van der Waals surface area contributed by atoms with Crippen molar-refractivity contribution >= 4 is 8.32 Å². The minimum absolute atomic E-state index is 0.617. The molecular weight excluding hydrogens is 280 g/mol. The SMILES string of the molecule is C=C1CC=C(O[Si](C)(C)C)C(C)=C1/C=C/C1(C)OCCO1. The third-order valence-corrected chi connectivity index (χ3v) is 4.35. The summed E-state index contributed by atoms with van der Waals surface area (Å²) in [5.41, 5.74) is 3.38. The Morgan fingerprint density at radius 3 is 2.48 bits per heavy atom. The van der Waals surface area contributed by atoms with Gasteiger partial charge in [0.15, 0.2) is 5.79 Å². The molecule has 0 aromatic heterocycles. The zero-order valence-corrected chi connectivity index (χ0v) is 14.8. The number of rotatable bonds is 4. The van der Waals surface area contributed by atoms with E-state index in [1.165, 1.54) is 0 Å². The first kappa shape index (κ1) is 16.3. The molecule has 21 heavy (non-hydrogen) atoms. The minimum atomic E-state index is -1.61. The Labute approximate surface area is 129 Å². The van der Waals surface area contributed by atoms with E-state index in [2.05, 4.69) is 45.3 Å². The number of ether oxygens (including phenoxy) is 2. The lowest BCUT2D eigenvalue weighted by atomic mass is 9.92. The van der Waals surface area contributed by atoms with Crippen molar-refractivity contribution in [2.45, 2.75) is 45.7 Å². The summed E-state index contributed by atoms with van der Waals surface area (Å²) in [5.74, 6) is 0.383. The molecule has 116 valence electrons. The molecule has 0 radical (unpaired) electrons. The van der Waals surface area contributed by atoms with Crippen molar-refractivity contribution in [2.75, 3.05) is 13.2 Å². The number of allylic oxidation sites excluding steroid dienone is 5. The van der Waals surface area contributed by atoms with Crippen molar-refractivity contribution in [3.63, 3.8) is 0 Å². The predicted molar refractivity (Wildman–Crippen MR) is 88.4 cm³/mol.